The Hall–Kier alpha value is -3.85. The van der Waals surface area contributed by atoms with E-state index < -0.39 is 6.04 Å². The molecule has 2 N–H and O–H groups in total. The number of hydrogen-bond donors (Lipinski definition) is 1. The number of nitrogens with zero attached hydrogens (tertiary/aromatic N) is 6. The second-order valence-electron chi connectivity index (χ2n) is 7.05. The summed E-state index contributed by atoms with van der Waals surface area (Å²) < 4.78 is 5.07. The number of methoxy groups -OCH3 is 1. The summed E-state index contributed by atoms with van der Waals surface area (Å²) in [6.07, 6.45) is 3.28. The van der Waals surface area contributed by atoms with E-state index in [1.54, 1.807) is 59.8 Å². The van der Waals surface area contributed by atoms with Crippen LogP contribution in [-0.4, -0.2) is 43.1 Å². The van der Waals surface area contributed by atoms with Gasteiger partial charge in [-0.1, -0.05) is 11.6 Å². The van der Waals surface area contributed by atoms with Gasteiger partial charge in [0.1, 0.15) is 11.6 Å². The van der Waals surface area contributed by atoms with E-state index in [9.17, 15) is 4.79 Å². The van der Waals surface area contributed by atoms with Crippen molar-refractivity contribution in [2.75, 3.05) is 12.8 Å². The van der Waals surface area contributed by atoms with Crippen LogP contribution in [0.15, 0.2) is 54.9 Å². The minimum Gasteiger partial charge on any atom is -0.480 e. The van der Waals surface area contributed by atoms with Crippen molar-refractivity contribution in [3.63, 3.8) is 0 Å². The summed E-state index contributed by atoms with van der Waals surface area (Å²) in [4.78, 5) is 28.1. The van der Waals surface area contributed by atoms with Crippen molar-refractivity contribution >= 4 is 34.2 Å². The predicted octanol–water partition coefficient (Wildman–Crippen LogP) is 3.46. The summed E-state index contributed by atoms with van der Waals surface area (Å²) in [5, 5.41) is 9.20. The van der Waals surface area contributed by atoms with Gasteiger partial charge in [-0.3, -0.25) is 4.79 Å². The van der Waals surface area contributed by atoms with E-state index in [4.69, 9.17) is 22.1 Å². The number of halogens is 1. The molecule has 0 saturated carbocycles. The Bertz CT molecular complexity index is 1250. The lowest BCUT2D eigenvalue weighted by Gasteiger charge is -2.28. The molecule has 0 unspecified atom stereocenters. The normalized spacial score (nSPS) is 11.8. The first-order valence-electron chi connectivity index (χ1n) is 9.76. The Morgan fingerprint density at radius 2 is 1.94 bits per heavy atom. The van der Waals surface area contributed by atoms with Gasteiger partial charge in [0.05, 0.1) is 35.9 Å². The van der Waals surface area contributed by atoms with Gasteiger partial charge in [0.15, 0.2) is 0 Å². The topological polar surface area (TPSA) is 120 Å². The van der Waals surface area contributed by atoms with Crippen LogP contribution in [0.3, 0.4) is 0 Å². The molecule has 0 aliphatic carbocycles. The Morgan fingerprint density at radius 1 is 1.16 bits per heavy atom. The standard InChI is InChI=1S/C22H20ClN7O2/c1-13(21-25-8-3-9-26-21)30(12-16-5-7-19(32-2)29-28-16)22(31)14-4-6-18-15(10-14)11-17(23)20(24)27-18/h3-11,13H,12H2,1-2H3,(H2,24,27)/t13-/m1/s1. The average molecular weight is 450 g/mol. The van der Waals surface area contributed by atoms with Crippen LogP contribution >= 0.6 is 11.6 Å². The summed E-state index contributed by atoms with van der Waals surface area (Å²) in [6, 6.07) is 11.6. The molecule has 4 rings (SSSR count). The van der Waals surface area contributed by atoms with E-state index in [2.05, 4.69) is 25.1 Å². The number of ether oxygens (including phenoxy) is 1. The number of fused-ring (bicyclic) bond motifs is 1. The van der Waals surface area contributed by atoms with Gasteiger partial charge in [0, 0.05) is 29.4 Å². The molecule has 3 aromatic heterocycles. The van der Waals surface area contributed by atoms with Gasteiger partial charge in [-0.05, 0) is 43.3 Å². The molecule has 1 atom stereocenters. The predicted molar refractivity (Wildman–Crippen MR) is 120 cm³/mol. The Kier molecular flexibility index (Phi) is 6.09. The largest absolute Gasteiger partial charge is 0.480 e. The van der Waals surface area contributed by atoms with E-state index >= 15 is 0 Å². The lowest BCUT2D eigenvalue weighted by atomic mass is 10.1. The second kappa shape index (κ2) is 9.11. The number of anilines is 1. The molecule has 0 bridgehead atoms. The third kappa shape index (κ3) is 4.42. The third-order valence-corrected chi connectivity index (χ3v) is 5.27. The highest BCUT2D eigenvalue weighted by molar-refractivity contribution is 6.33. The van der Waals surface area contributed by atoms with Crippen LogP contribution in [0.25, 0.3) is 10.9 Å². The van der Waals surface area contributed by atoms with Crippen LogP contribution < -0.4 is 10.5 Å². The summed E-state index contributed by atoms with van der Waals surface area (Å²) >= 11 is 6.12. The molecule has 0 spiro atoms. The molecular weight excluding hydrogens is 430 g/mol. The Morgan fingerprint density at radius 3 is 2.62 bits per heavy atom. The van der Waals surface area contributed by atoms with Gasteiger partial charge in [-0.2, -0.15) is 5.10 Å². The van der Waals surface area contributed by atoms with Crippen LogP contribution in [0.2, 0.25) is 5.02 Å². The van der Waals surface area contributed by atoms with Crippen molar-refractivity contribution in [2.45, 2.75) is 19.5 Å². The zero-order valence-corrected chi connectivity index (χ0v) is 18.2. The average Bonchev–Trinajstić information content (AvgIpc) is 2.83. The second-order valence-corrected chi connectivity index (χ2v) is 7.45. The Balaban J connectivity index is 1.71. The van der Waals surface area contributed by atoms with E-state index in [-0.39, 0.29) is 18.3 Å². The molecule has 1 amide bonds. The maximum Gasteiger partial charge on any atom is 0.254 e. The van der Waals surface area contributed by atoms with E-state index in [1.807, 2.05) is 6.92 Å². The number of hydrogen-bond acceptors (Lipinski definition) is 8. The van der Waals surface area contributed by atoms with Crippen LogP contribution in [0.1, 0.15) is 34.8 Å². The number of aromatic nitrogens is 5. The highest BCUT2D eigenvalue weighted by atomic mass is 35.5. The van der Waals surface area contributed by atoms with E-state index in [0.717, 1.165) is 0 Å². The maximum absolute atomic E-state index is 13.6. The summed E-state index contributed by atoms with van der Waals surface area (Å²) in [7, 11) is 1.52. The molecule has 4 aromatic rings. The van der Waals surface area contributed by atoms with Crippen molar-refractivity contribution in [1.82, 2.24) is 30.0 Å². The number of benzene rings is 1. The van der Waals surface area contributed by atoms with Gasteiger partial charge in [0.2, 0.25) is 5.88 Å². The van der Waals surface area contributed by atoms with Gasteiger partial charge in [0.25, 0.3) is 5.91 Å². The number of nitrogen functional groups attached to an aromatic ring is 1. The van der Waals surface area contributed by atoms with Crippen LogP contribution in [0.4, 0.5) is 5.82 Å². The van der Waals surface area contributed by atoms with Gasteiger partial charge in [-0.25, -0.2) is 15.0 Å². The summed E-state index contributed by atoms with van der Waals surface area (Å²) in [5.74, 6) is 0.926. The van der Waals surface area contributed by atoms with Crippen molar-refractivity contribution < 1.29 is 9.53 Å². The van der Waals surface area contributed by atoms with Crippen LogP contribution in [0, 0.1) is 0 Å². The van der Waals surface area contributed by atoms with Crippen LogP contribution in [0.5, 0.6) is 5.88 Å². The van der Waals surface area contributed by atoms with Crippen molar-refractivity contribution in [2.24, 2.45) is 0 Å². The minimum absolute atomic E-state index is 0.202. The minimum atomic E-state index is -0.420. The highest BCUT2D eigenvalue weighted by Gasteiger charge is 2.26. The third-order valence-electron chi connectivity index (χ3n) is 4.97. The lowest BCUT2D eigenvalue weighted by Crippen LogP contribution is -2.34. The molecule has 32 heavy (non-hydrogen) atoms. The SMILES string of the molecule is COc1ccc(CN(C(=O)c2ccc3nc(N)c(Cl)cc3c2)[C@H](C)c2ncccn2)nn1. The van der Waals surface area contributed by atoms with Crippen molar-refractivity contribution in [1.29, 1.82) is 0 Å². The fourth-order valence-corrected chi connectivity index (χ4v) is 3.39. The molecule has 162 valence electrons. The smallest absolute Gasteiger partial charge is 0.254 e. The van der Waals surface area contributed by atoms with E-state index in [0.29, 0.717) is 38.9 Å². The number of nitrogens with two attached hydrogens (primary N) is 1. The van der Waals surface area contributed by atoms with Gasteiger partial charge < -0.3 is 15.4 Å². The number of rotatable bonds is 6. The molecule has 0 aliphatic heterocycles. The molecule has 0 fully saturated rings. The molecule has 0 saturated heterocycles. The molecule has 9 nitrogen and oxygen atoms in total. The lowest BCUT2D eigenvalue weighted by molar-refractivity contribution is 0.0663. The zero-order chi connectivity index (χ0) is 22.7. The quantitative estimate of drug-likeness (QED) is 0.475. The monoisotopic (exact) mass is 449 g/mol. The molecular formula is C22H20ClN7O2. The molecule has 1 aromatic carbocycles. The Labute approximate surface area is 189 Å². The van der Waals surface area contributed by atoms with Crippen molar-refractivity contribution in [3.05, 3.63) is 77.0 Å². The molecule has 10 heteroatoms. The first-order valence-corrected chi connectivity index (χ1v) is 10.1. The number of pyridine rings is 1. The number of carbonyl (C=O) groups is 1. The van der Waals surface area contributed by atoms with Crippen LogP contribution in [-0.2, 0) is 6.54 Å². The molecule has 0 radical (unpaired) electrons. The number of amides is 1. The van der Waals surface area contributed by atoms with Gasteiger partial charge >= 0.3 is 0 Å². The molecule has 0 aliphatic rings. The van der Waals surface area contributed by atoms with Gasteiger partial charge in [-0.15, -0.1) is 5.10 Å². The maximum atomic E-state index is 13.6. The fourth-order valence-electron chi connectivity index (χ4n) is 3.23. The fraction of sp³-hybridized carbons (Fsp3) is 0.182. The number of carbonyl (C=O) groups excluding carboxylic acids is 1. The zero-order valence-electron chi connectivity index (χ0n) is 17.4. The van der Waals surface area contributed by atoms with E-state index in [1.165, 1.54) is 7.11 Å². The van der Waals surface area contributed by atoms with Crippen molar-refractivity contribution in [3.8, 4) is 5.88 Å². The molecule has 3 heterocycles. The first kappa shape index (κ1) is 21.4. The highest BCUT2D eigenvalue weighted by Crippen LogP contribution is 2.26. The summed E-state index contributed by atoms with van der Waals surface area (Å²) in [5.41, 5.74) is 7.50. The summed E-state index contributed by atoms with van der Waals surface area (Å²) in [6.45, 7) is 2.07. The first-order chi connectivity index (χ1) is 15.5.